The summed E-state index contributed by atoms with van der Waals surface area (Å²) in [5.41, 5.74) is 0.733. The van der Waals surface area contributed by atoms with Gasteiger partial charge in [-0.05, 0) is 44.9 Å². The van der Waals surface area contributed by atoms with E-state index >= 15 is 0 Å². The van der Waals surface area contributed by atoms with E-state index in [-0.39, 0.29) is 0 Å². The second kappa shape index (κ2) is 15.2. The Morgan fingerprint density at radius 2 is 1.75 bits per heavy atom. The normalized spacial score (nSPS) is 14.9. The molecule has 13 heteroatoms. The van der Waals surface area contributed by atoms with Gasteiger partial charge >= 0.3 is 17.9 Å². The first-order chi connectivity index (χ1) is 18.9. The largest absolute Gasteiger partial charge is 0.497 e. The first kappa shape index (κ1) is 32.5. The standard InChI is InChI=1S/C21H31N3O3.C6H8O7/c1-5-24-14-18(16(2)22-24)13-23(15-20-7-6-10-27-20)12-17-11-19(25-3)8-9-21(17)26-4;7-3(8)1-6(13,5(11)12)2-4(9)10/h8-9,11,14,20H,5-7,10,12-13,15H2,1-4H3;13H,1-2H2,(H,7,8)(H,9,10)(H,11,12). The number of aliphatic carboxylic acids is 3. The van der Waals surface area contributed by atoms with Crippen LogP contribution in [-0.2, 0) is 38.8 Å². The van der Waals surface area contributed by atoms with Crippen LogP contribution in [0.5, 0.6) is 11.5 Å². The van der Waals surface area contributed by atoms with Gasteiger partial charge in [0.25, 0.3) is 0 Å². The molecule has 0 aliphatic carbocycles. The Labute approximate surface area is 232 Å². The predicted octanol–water partition coefficient (Wildman–Crippen LogP) is 2.16. The lowest BCUT2D eigenvalue weighted by Crippen LogP contribution is -2.42. The molecule has 1 atom stereocenters. The molecule has 0 saturated carbocycles. The second-order valence-electron chi connectivity index (χ2n) is 9.56. The molecule has 1 saturated heterocycles. The molecule has 0 bridgehead atoms. The van der Waals surface area contributed by atoms with Gasteiger partial charge in [0.2, 0.25) is 0 Å². The molecule has 3 rings (SSSR count). The highest BCUT2D eigenvalue weighted by Crippen LogP contribution is 2.27. The molecule has 1 aliphatic rings. The molecule has 0 radical (unpaired) electrons. The number of carboxylic acids is 3. The molecule has 2 heterocycles. The summed E-state index contributed by atoms with van der Waals surface area (Å²) in [7, 11) is 3.41. The van der Waals surface area contributed by atoms with Crippen molar-refractivity contribution >= 4 is 17.9 Å². The number of ether oxygens (including phenoxy) is 3. The Kier molecular flexibility index (Phi) is 12.4. The van der Waals surface area contributed by atoms with Gasteiger partial charge in [0.05, 0.1) is 38.9 Å². The highest BCUT2D eigenvalue weighted by atomic mass is 16.5. The summed E-state index contributed by atoms with van der Waals surface area (Å²) in [6, 6.07) is 5.96. The van der Waals surface area contributed by atoms with Gasteiger partial charge in [-0.2, -0.15) is 5.10 Å². The fraction of sp³-hybridized carbons (Fsp3) is 0.556. The molecule has 1 unspecified atom stereocenters. The first-order valence-corrected chi connectivity index (χ1v) is 12.9. The van der Waals surface area contributed by atoms with Crippen molar-refractivity contribution in [2.24, 2.45) is 0 Å². The Morgan fingerprint density at radius 1 is 1.10 bits per heavy atom. The summed E-state index contributed by atoms with van der Waals surface area (Å²) in [5.74, 6) is -3.29. The number of aryl methyl sites for hydroxylation is 2. The van der Waals surface area contributed by atoms with E-state index in [9.17, 15) is 14.4 Å². The van der Waals surface area contributed by atoms with Crippen molar-refractivity contribution in [1.29, 1.82) is 0 Å². The predicted molar refractivity (Wildman–Crippen MR) is 142 cm³/mol. The molecule has 4 N–H and O–H groups in total. The van der Waals surface area contributed by atoms with Crippen molar-refractivity contribution in [2.75, 3.05) is 27.4 Å². The van der Waals surface area contributed by atoms with Crippen LogP contribution in [0, 0.1) is 6.92 Å². The van der Waals surface area contributed by atoms with E-state index in [0.29, 0.717) is 6.10 Å². The van der Waals surface area contributed by atoms with E-state index in [1.165, 1.54) is 5.56 Å². The van der Waals surface area contributed by atoms with E-state index in [2.05, 4.69) is 36.1 Å². The zero-order valence-corrected chi connectivity index (χ0v) is 23.3. The Balaban J connectivity index is 0.000000366. The van der Waals surface area contributed by atoms with Gasteiger partial charge in [0.1, 0.15) is 11.5 Å². The number of aliphatic hydroxyl groups is 1. The van der Waals surface area contributed by atoms with Crippen LogP contribution < -0.4 is 9.47 Å². The van der Waals surface area contributed by atoms with Crippen molar-refractivity contribution in [3.63, 3.8) is 0 Å². The van der Waals surface area contributed by atoms with Crippen molar-refractivity contribution in [3.05, 3.63) is 41.2 Å². The molecule has 0 spiro atoms. The van der Waals surface area contributed by atoms with Gasteiger partial charge in [0, 0.05) is 50.1 Å². The zero-order valence-electron chi connectivity index (χ0n) is 23.3. The number of nitrogens with zero attached hydrogens (tertiary/aromatic N) is 3. The molecule has 13 nitrogen and oxygen atoms in total. The van der Waals surface area contributed by atoms with Crippen molar-refractivity contribution < 1.29 is 49.0 Å². The third-order valence-corrected chi connectivity index (χ3v) is 6.42. The monoisotopic (exact) mass is 565 g/mol. The third-order valence-electron chi connectivity index (χ3n) is 6.42. The lowest BCUT2D eigenvalue weighted by atomic mass is 9.96. The Bertz CT molecular complexity index is 1130. The van der Waals surface area contributed by atoms with Crippen molar-refractivity contribution in [3.8, 4) is 11.5 Å². The summed E-state index contributed by atoms with van der Waals surface area (Å²) in [4.78, 5) is 32.9. The summed E-state index contributed by atoms with van der Waals surface area (Å²) >= 11 is 0. The number of benzene rings is 1. The van der Waals surface area contributed by atoms with Gasteiger partial charge in [-0.3, -0.25) is 19.2 Å². The van der Waals surface area contributed by atoms with Crippen LogP contribution >= 0.6 is 0 Å². The van der Waals surface area contributed by atoms with Crippen LogP contribution in [-0.4, -0.2) is 92.1 Å². The van der Waals surface area contributed by atoms with Crippen LogP contribution in [0.15, 0.2) is 24.4 Å². The number of rotatable bonds is 14. The Hall–Kier alpha value is -3.68. The maximum atomic E-state index is 10.3. The number of carboxylic acid groups (broad SMARTS) is 3. The minimum atomic E-state index is -2.74. The van der Waals surface area contributed by atoms with Gasteiger partial charge in [-0.25, -0.2) is 4.79 Å². The molecule has 0 amide bonds. The quantitative estimate of drug-likeness (QED) is 0.262. The van der Waals surface area contributed by atoms with E-state index in [1.54, 1.807) is 14.2 Å². The number of methoxy groups -OCH3 is 2. The average Bonchev–Trinajstić information content (AvgIpc) is 3.52. The van der Waals surface area contributed by atoms with Gasteiger partial charge in [-0.1, -0.05) is 0 Å². The third kappa shape index (κ3) is 9.81. The number of hydrogen-bond donors (Lipinski definition) is 4. The highest BCUT2D eigenvalue weighted by molar-refractivity contribution is 5.88. The number of carbonyl (C=O) groups is 3. The summed E-state index contributed by atoms with van der Waals surface area (Å²) in [6.07, 6.45) is 2.43. The lowest BCUT2D eigenvalue weighted by Gasteiger charge is -2.26. The van der Waals surface area contributed by atoms with Crippen molar-refractivity contribution in [1.82, 2.24) is 14.7 Å². The average molecular weight is 566 g/mol. The van der Waals surface area contributed by atoms with Crippen LogP contribution in [0.3, 0.4) is 0 Å². The summed E-state index contributed by atoms with van der Waals surface area (Å²) < 4.78 is 18.9. The summed E-state index contributed by atoms with van der Waals surface area (Å²) in [6.45, 7) is 8.46. The first-order valence-electron chi connectivity index (χ1n) is 12.9. The van der Waals surface area contributed by atoms with Gasteiger partial charge < -0.3 is 34.6 Å². The summed E-state index contributed by atoms with van der Waals surface area (Å²) in [5, 5.41) is 38.4. The minimum absolute atomic E-state index is 0.295. The molecule has 1 aliphatic heterocycles. The zero-order chi connectivity index (χ0) is 29.9. The smallest absolute Gasteiger partial charge is 0.336 e. The number of aromatic nitrogens is 2. The molecule has 40 heavy (non-hydrogen) atoms. The fourth-order valence-electron chi connectivity index (χ4n) is 4.34. The topological polar surface area (TPSA) is 181 Å². The minimum Gasteiger partial charge on any atom is -0.497 e. The van der Waals surface area contributed by atoms with E-state index in [4.69, 9.17) is 34.6 Å². The fourth-order valence-corrected chi connectivity index (χ4v) is 4.34. The SMILES string of the molecule is CCn1cc(CN(Cc2cc(OC)ccc2OC)CC2CCCO2)c(C)n1.O=C(O)CC(O)(CC(=O)O)C(=O)O. The van der Waals surface area contributed by atoms with Crippen molar-refractivity contribution in [2.45, 2.75) is 70.9 Å². The molecular weight excluding hydrogens is 526 g/mol. The molecular formula is C27H39N3O10. The van der Waals surface area contributed by atoms with Crippen LogP contribution in [0.1, 0.15) is 49.4 Å². The van der Waals surface area contributed by atoms with Gasteiger partial charge in [-0.15, -0.1) is 0 Å². The van der Waals surface area contributed by atoms with Gasteiger partial charge in [0.15, 0.2) is 5.60 Å². The molecule has 1 fully saturated rings. The maximum Gasteiger partial charge on any atom is 0.336 e. The molecule has 1 aromatic heterocycles. The van der Waals surface area contributed by atoms with Crippen LogP contribution in [0.4, 0.5) is 0 Å². The van der Waals surface area contributed by atoms with Crippen LogP contribution in [0.25, 0.3) is 0 Å². The van der Waals surface area contributed by atoms with E-state index in [0.717, 1.165) is 68.4 Å². The molecule has 222 valence electrons. The lowest BCUT2D eigenvalue weighted by molar-refractivity contribution is -0.170. The highest BCUT2D eigenvalue weighted by Gasteiger charge is 2.40. The molecule has 1 aromatic carbocycles. The van der Waals surface area contributed by atoms with E-state index < -0.39 is 36.4 Å². The second-order valence-corrected chi connectivity index (χ2v) is 9.56. The molecule has 2 aromatic rings. The van der Waals surface area contributed by atoms with Crippen LogP contribution in [0.2, 0.25) is 0 Å². The van der Waals surface area contributed by atoms with E-state index in [1.807, 2.05) is 16.8 Å². The maximum absolute atomic E-state index is 10.3. The number of hydrogen-bond acceptors (Lipinski definition) is 9. The Morgan fingerprint density at radius 3 is 2.23 bits per heavy atom.